The van der Waals surface area contributed by atoms with Crippen molar-refractivity contribution in [3.63, 3.8) is 0 Å². The fourth-order valence-electron chi connectivity index (χ4n) is 4.14. The van der Waals surface area contributed by atoms with Gasteiger partial charge in [0.1, 0.15) is 0 Å². The fraction of sp³-hybridized carbons (Fsp3) is 0.688. The van der Waals surface area contributed by atoms with E-state index in [2.05, 4.69) is 36.3 Å². The summed E-state index contributed by atoms with van der Waals surface area (Å²) in [5.74, 6) is 2.93. The zero-order valence-corrected chi connectivity index (χ0v) is 11.5. The number of aromatic nitrogens is 1. The van der Waals surface area contributed by atoms with Crippen molar-refractivity contribution in [2.45, 2.75) is 51.6 Å². The molecule has 2 aliphatic rings. The first-order valence-electron chi connectivity index (χ1n) is 7.41. The van der Waals surface area contributed by atoms with E-state index in [1.54, 1.807) is 0 Å². The van der Waals surface area contributed by atoms with Crippen molar-refractivity contribution < 1.29 is 0 Å². The molecule has 1 aromatic rings. The van der Waals surface area contributed by atoms with Gasteiger partial charge >= 0.3 is 0 Å². The molecule has 5 unspecified atom stereocenters. The molecule has 2 heteroatoms. The molecule has 0 radical (unpaired) electrons. The Hall–Kier alpha value is -0.890. The molecule has 98 valence electrons. The summed E-state index contributed by atoms with van der Waals surface area (Å²) in [5, 5.41) is 3.76. The SMILES string of the molecule is CC(NC(C)C1CC2CCC1C2)c1ccccn1. The Morgan fingerprint density at radius 2 is 2.11 bits per heavy atom. The minimum atomic E-state index is 0.361. The highest BCUT2D eigenvalue weighted by atomic mass is 15.0. The highest BCUT2D eigenvalue weighted by Gasteiger charge is 2.41. The molecule has 1 N–H and O–H groups in total. The minimum Gasteiger partial charge on any atom is -0.306 e. The van der Waals surface area contributed by atoms with Crippen molar-refractivity contribution in [1.82, 2.24) is 10.3 Å². The molecular formula is C16H24N2. The summed E-state index contributed by atoms with van der Waals surface area (Å²) in [6, 6.07) is 7.15. The number of nitrogens with one attached hydrogen (secondary N) is 1. The molecular weight excluding hydrogens is 220 g/mol. The topological polar surface area (TPSA) is 24.9 Å². The van der Waals surface area contributed by atoms with Crippen LogP contribution in [0.2, 0.25) is 0 Å². The van der Waals surface area contributed by atoms with Crippen LogP contribution in [0, 0.1) is 17.8 Å². The summed E-state index contributed by atoms with van der Waals surface area (Å²) in [6.45, 7) is 4.59. The summed E-state index contributed by atoms with van der Waals surface area (Å²) >= 11 is 0. The molecule has 2 bridgehead atoms. The van der Waals surface area contributed by atoms with Gasteiger partial charge in [-0.15, -0.1) is 0 Å². The first-order chi connectivity index (χ1) is 8.74. The summed E-state index contributed by atoms with van der Waals surface area (Å²) in [6.07, 6.45) is 7.79. The van der Waals surface area contributed by atoms with Crippen LogP contribution in [0.25, 0.3) is 0 Å². The van der Waals surface area contributed by atoms with Crippen molar-refractivity contribution in [1.29, 1.82) is 0 Å². The van der Waals surface area contributed by atoms with Crippen LogP contribution in [0.4, 0.5) is 0 Å². The summed E-state index contributed by atoms with van der Waals surface area (Å²) in [5.41, 5.74) is 1.16. The highest BCUT2D eigenvalue weighted by molar-refractivity contribution is 5.08. The van der Waals surface area contributed by atoms with Crippen molar-refractivity contribution in [2.24, 2.45) is 17.8 Å². The molecule has 5 atom stereocenters. The third kappa shape index (κ3) is 2.31. The van der Waals surface area contributed by atoms with Gasteiger partial charge in [-0.2, -0.15) is 0 Å². The van der Waals surface area contributed by atoms with Crippen LogP contribution in [0.3, 0.4) is 0 Å². The largest absolute Gasteiger partial charge is 0.306 e. The molecule has 1 heterocycles. The van der Waals surface area contributed by atoms with E-state index < -0.39 is 0 Å². The summed E-state index contributed by atoms with van der Waals surface area (Å²) < 4.78 is 0. The monoisotopic (exact) mass is 244 g/mol. The third-order valence-corrected chi connectivity index (χ3v) is 5.08. The van der Waals surface area contributed by atoms with Crippen LogP contribution in [0.1, 0.15) is 51.3 Å². The van der Waals surface area contributed by atoms with Gasteiger partial charge in [-0.3, -0.25) is 4.98 Å². The molecule has 0 aliphatic heterocycles. The predicted octanol–water partition coefficient (Wildman–Crippen LogP) is 3.56. The van der Waals surface area contributed by atoms with E-state index in [1.807, 2.05) is 12.3 Å². The average Bonchev–Trinajstić information content (AvgIpc) is 3.02. The number of hydrogen-bond acceptors (Lipinski definition) is 2. The first-order valence-corrected chi connectivity index (χ1v) is 7.41. The second-order valence-corrected chi connectivity index (χ2v) is 6.27. The average molecular weight is 244 g/mol. The number of pyridine rings is 1. The van der Waals surface area contributed by atoms with E-state index in [9.17, 15) is 0 Å². The summed E-state index contributed by atoms with van der Waals surface area (Å²) in [7, 11) is 0. The van der Waals surface area contributed by atoms with E-state index >= 15 is 0 Å². The lowest BCUT2D eigenvalue weighted by atomic mass is 9.83. The van der Waals surface area contributed by atoms with Crippen LogP contribution in [-0.2, 0) is 0 Å². The fourth-order valence-corrected chi connectivity index (χ4v) is 4.14. The zero-order valence-electron chi connectivity index (χ0n) is 11.5. The van der Waals surface area contributed by atoms with Crippen molar-refractivity contribution in [3.05, 3.63) is 30.1 Å². The van der Waals surface area contributed by atoms with Crippen LogP contribution in [0.5, 0.6) is 0 Å². The highest BCUT2D eigenvalue weighted by Crippen LogP contribution is 2.49. The molecule has 0 aromatic carbocycles. The van der Waals surface area contributed by atoms with Gasteiger partial charge in [0.25, 0.3) is 0 Å². The number of hydrogen-bond donors (Lipinski definition) is 1. The zero-order chi connectivity index (χ0) is 12.5. The van der Waals surface area contributed by atoms with Gasteiger partial charge in [-0.25, -0.2) is 0 Å². The molecule has 2 aliphatic carbocycles. The Kier molecular flexibility index (Phi) is 3.38. The molecule has 0 spiro atoms. The van der Waals surface area contributed by atoms with Crippen LogP contribution in [0.15, 0.2) is 24.4 Å². The first kappa shape index (κ1) is 12.2. The predicted molar refractivity (Wildman–Crippen MR) is 74.2 cm³/mol. The van der Waals surface area contributed by atoms with Crippen molar-refractivity contribution >= 4 is 0 Å². The molecule has 2 nitrogen and oxygen atoms in total. The van der Waals surface area contributed by atoms with Crippen LogP contribution < -0.4 is 5.32 Å². The third-order valence-electron chi connectivity index (χ3n) is 5.08. The Labute approximate surface area is 110 Å². The van der Waals surface area contributed by atoms with E-state index in [0.717, 1.165) is 23.4 Å². The molecule has 0 amide bonds. The van der Waals surface area contributed by atoms with Gasteiger partial charge in [-0.05, 0) is 63.0 Å². The Morgan fingerprint density at radius 3 is 2.72 bits per heavy atom. The molecule has 3 rings (SSSR count). The van der Waals surface area contributed by atoms with E-state index in [4.69, 9.17) is 0 Å². The standard InChI is InChI=1S/C16H24N2/c1-11(15-10-13-6-7-14(15)9-13)18-12(2)16-5-3-4-8-17-16/h3-5,8,11-15,18H,6-7,9-10H2,1-2H3. The lowest BCUT2D eigenvalue weighted by Crippen LogP contribution is -2.38. The normalized spacial score (nSPS) is 33.6. The number of fused-ring (bicyclic) bond motifs is 2. The Bertz CT molecular complexity index is 389. The van der Waals surface area contributed by atoms with E-state index in [1.165, 1.54) is 25.7 Å². The number of rotatable bonds is 4. The molecule has 18 heavy (non-hydrogen) atoms. The molecule has 0 saturated heterocycles. The lowest BCUT2D eigenvalue weighted by Gasteiger charge is -2.30. The van der Waals surface area contributed by atoms with Gasteiger partial charge < -0.3 is 5.32 Å². The second-order valence-electron chi connectivity index (χ2n) is 6.27. The molecule has 1 aromatic heterocycles. The van der Waals surface area contributed by atoms with Crippen molar-refractivity contribution in [2.75, 3.05) is 0 Å². The minimum absolute atomic E-state index is 0.361. The lowest BCUT2D eigenvalue weighted by molar-refractivity contribution is 0.247. The van der Waals surface area contributed by atoms with Crippen LogP contribution >= 0.6 is 0 Å². The molecule has 2 saturated carbocycles. The smallest absolute Gasteiger partial charge is 0.0570 e. The van der Waals surface area contributed by atoms with Gasteiger partial charge in [0, 0.05) is 18.3 Å². The van der Waals surface area contributed by atoms with E-state index in [0.29, 0.717) is 12.1 Å². The van der Waals surface area contributed by atoms with Gasteiger partial charge in [0.15, 0.2) is 0 Å². The maximum Gasteiger partial charge on any atom is 0.0570 e. The Morgan fingerprint density at radius 1 is 1.22 bits per heavy atom. The van der Waals surface area contributed by atoms with Crippen molar-refractivity contribution in [3.8, 4) is 0 Å². The maximum atomic E-state index is 4.44. The van der Waals surface area contributed by atoms with Crippen LogP contribution in [-0.4, -0.2) is 11.0 Å². The van der Waals surface area contributed by atoms with Gasteiger partial charge in [0.05, 0.1) is 5.69 Å². The second kappa shape index (κ2) is 5.00. The molecule has 2 fully saturated rings. The quantitative estimate of drug-likeness (QED) is 0.876. The maximum absolute atomic E-state index is 4.44. The van der Waals surface area contributed by atoms with E-state index in [-0.39, 0.29) is 0 Å². The van der Waals surface area contributed by atoms with Gasteiger partial charge in [-0.1, -0.05) is 12.5 Å². The Balaban J connectivity index is 1.59. The number of nitrogens with zero attached hydrogens (tertiary/aromatic N) is 1. The summed E-state index contributed by atoms with van der Waals surface area (Å²) in [4.78, 5) is 4.44. The van der Waals surface area contributed by atoms with Gasteiger partial charge in [0.2, 0.25) is 0 Å².